The fourth-order valence-corrected chi connectivity index (χ4v) is 2.34. The second kappa shape index (κ2) is 9.39. The minimum Gasteiger partial charge on any atom is -0.497 e. The highest BCUT2D eigenvalue weighted by atomic mass is 16.5. The van der Waals surface area contributed by atoms with Crippen LogP contribution in [0.1, 0.15) is 15.9 Å². The lowest BCUT2D eigenvalue weighted by Gasteiger charge is -2.15. The zero-order valence-corrected chi connectivity index (χ0v) is 14.8. The van der Waals surface area contributed by atoms with Gasteiger partial charge in [0, 0.05) is 12.7 Å². The summed E-state index contributed by atoms with van der Waals surface area (Å²) < 4.78 is 15.6. The van der Waals surface area contributed by atoms with Crippen molar-refractivity contribution in [2.75, 3.05) is 32.8 Å². The van der Waals surface area contributed by atoms with Crippen molar-refractivity contribution < 1.29 is 23.8 Å². The van der Waals surface area contributed by atoms with Crippen LogP contribution in [-0.2, 0) is 9.53 Å². The number of anilines is 1. The van der Waals surface area contributed by atoms with Crippen LogP contribution in [0.4, 0.5) is 5.69 Å². The normalized spacial score (nSPS) is 10.1. The van der Waals surface area contributed by atoms with E-state index in [1.807, 2.05) is 0 Å². The minimum atomic E-state index is -0.364. The van der Waals surface area contributed by atoms with Crippen LogP contribution in [0.25, 0.3) is 0 Å². The number of ketones is 1. The largest absolute Gasteiger partial charge is 0.497 e. The van der Waals surface area contributed by atoms with Crippen LogP contribution in [0.2, 0.25) is 0 Å². The van der Waals surface area contributed by atoms with Gasteiger partial charge >= 0.3 is 0 Å². The SMILES string of the molecule is C=CCOc1cccc(NC(=O)COC)c1C(=O)c1ccc(OC)cc1. The first-order valence-electron chi connectivity index (χ1n) is 7.95. The lowest BCUT2D eigenvalue weighted by molar-refractivity contribution is -0.119. The van der Waals surface area contributed by atoms with E-state index >= 15 is 0 Å². The molecule has 1 amide bonds. The number of carbonyl (C=O) groups excluding carboxylic acids is 2. The van der Waals surface area contributed by atoms with Crippen LogP contribution in [0.5, 0.6) is 11.5 Å². The summed E-state index contributed by atoms with van der Waals surface area (Å²) in [6, 6.07) is 11.7. The number of carbonyl (C=O) groups is 2. The second-order valence-electron chi connectivity index (χ2n) is 5.32. The van der Waals surface area contributed by atoms with Crippen molar-refractivity contribution in [3.05, 3.63) is 66.2 Å². The molecule has 1 N–H and O–H groups in total. The molecule has 0 saturated carbocycles. The van der Waals surface area contributed by atoms with E-state index in [2.05, 4.69) is 11.9 Å². The van der Waals surface area contributed by atoms with Crippen molar-refractivity contribution in [2.24, 2.45) is 0 Å². The smallest absolute Gasteiger partial charge is 0.250 e. The summed E-state index contributed by atoms with van der Waals surface area (Å²) >= 11 is 0. The monoisotopic (exact) mass is 355 g/mol. The van der Waals surface area contributed by atoms with Crippen molar-refractivity contribution >= 4 is 17.4 Å². The predicted molar refractivity (Wildman–Crippen MR) is 99.1 cm³/mol. The lowest BCUT2D eigenvalue weighted by atomic mass is 10.00. The first kappa shape index (κ1) is 19.2. The highest BCUT2D eigenvalue weighted by Crippen LogP contribution is 2.30. The Morgan fingerprint density at radius 3 is 2.46 bits per heavy atom. The minimum absolute atomic E-state index is 0.117. The summed E-state index contributed by atoms with van der Waals surface area (Å²) in [7, 11) is 2.98. The van der Waals surface area contributed by atoms with Crippen LogP contribution < -0.4 is 14.8 Å². The van der Waals surface area contributed by atoms with E-state index in [0.29, 0.717) is 22.7 Å². The molecule has 0 heterocycles. The first-order chi connectivity index (χ1) is 12.6. The topological polar surface area (TPSA) is 73.9 Å². The molecule has 2 aromatic carbocycles. The number of methoxy groups -OCH3 is 2. The molecule has 0 unspecified atom stereocenters. The van der Waals surface area contributed by atoms with Crippen LogP contribution in [0, 0.1) is 0 Å². The number of ether oxygens (including phenoxy) is 3. The number of rotatable bonds is 9. The zero-order chi connectivity index (χ0) is 18.9. The van der Waals surface area contributed by atoms with Gasteiger partial charge in [0.2, 0.25) is 5.91 Å². The molecule has 0 aliphatic carbocycles. The van der Waals surface area contributed by atoms with Gasteiger partial charge in [0.15, 0.2) is 5.78 Å². The third-order valence-corrected chi connectivity index (χ3v) is 3.51. The third-order valence-electron chi connectivity index (χ3n) is 3.51. The summed E-state index contributed by atoms with van der Waals surface area (Å²) in [6.45, 7) is 3.73. The van der Waals surface area contributed by atoms with Gasteiger partial charge in [0.25, 0.3) is 0 Å². The van der Waals surface area contributed by atoms with Gasteiger partial charge in [0.05, 0.1) is 18.4 Å². The van der Waals surface area contributed by atoms with E-state index in [4.69, 9.17) is 14.2 Å². The number of hydrogen-bond donors (Lipinski definition) is 1. The predicted octanol–water partition coefficient (Wildman–Crippen LogP) is 3.08. The molecule has 2 rings (SSSR count). The van der Waals surface area contributed by atoms with E-state index in [0.717, 1.165) is 0 Å². The molecule has 0 atom stereocenters. The average molecular weight is 355 g/mol. The average Bonchev–Trinajstić information content (AvgIpc) is 2.66. The van der Waals surface area contributed by atoms with Crippen LogP contribution in [-0.4, -0.2) is 39.1 Å². The molecule has 0 aliphatic rings. The van der Waals surface area contributed by atoms with Crippen molar-refractivity contribution in [2.45, 2.75) is 0 Å². The molecular weight excluding hydrogens is 334 g/mol. The molecule has 6 heteroatoms. The standard InChI is InChI=1S/C20H21NO5/c1-4-12-26-17-7-5-6-16(21-18(22)13-24-2)19(17)20(23)14-8-10-15(25-3)11-9-14/h4-11H,1,12-13H2,2-3H3,(H,21,22). The zero-order valence-electron chi connectivity index (χ0n) is 14.8. The molecule has 6 nitrogen and oxygen atoms in total. The Morgan fingerprint density at radius 1 is 1.12 bits per heavy atom. The number of benzene rings is 2. The summed E-state index contributed by atoms with van der Waals surface area (Å²) in [4.78, 5) is 25.0. The summed E-state index contributed by atoms with van der Waals surface area (Å²) in [6.07, 6.45) is 1.58. The Labute approximate surface area is 152 Å². The van der Waals surface area contributed by atoms with Crippen molar-refractivity contribution in [1.82, 2.24) is 0 Å². The van der Waals surface area contributed by atoms with Gasteiger partial charge in [-0.15, -0.1) is 0 Å². The number of hydrogen-bond acceptors (Lipinski definition) is 5. The van der Waals surface area contributed by atoms with Gasteiger partial charge in [0.1, 0.15) is 24.7 Å². The third kappa shape index (κ3) is 4.70. The highest BCUT2D eigenvalue weighted by molar-refractivity contribution is 6.15. The van der Waals surface area contributed by atoms with E-state index < -0.39 is 0 Å². The van der Waals surface area contributed by atoms with Gasteiger partial charge in [-0.05, 0) is 36.4 Å². The highest BCUT2D eigenvalue weighted by Gasteiger charge is 2.20. The second-order valence-corrected chi connectivity index (χ2v) is 5.32. The Hall–Kier alpha value is -3.12. The van der Waals surface area contributed by atoms with Crippen molar-refractivity contribution in [3.8, 4) is 11.5 Å². The fraction of sp³-hybridized carbons (Fsp3) is 0.200. The van der Waals surface area contributed by atoms with Gasteiger partial charge in [-0.25, -0.2) is 0 Å². The van der Waals surface area contributed by atoms with E-state index in [9.17, 15) is 9.59 Å². The Kier molecular flexibility index (Phi) is 6.93. The molecule has 0 spiro atoms. The van der Waals surface area contributed by atoms with Crippen molar-refractivity contribution in [3.63, 3.8) is 0 Å². The summed E-state index contributed by atoms with van der Waals surface area (Å²) in [5.41, 5.74) is 1.07. The Morgan fingerprint density at radius 2 is 1.85 bits per heavy atom. The number of amides is 1. The quantitative estimate of drug-likeness (QED) is 0.553. The van der Waals surface area contributed by atoms with Crippen LogP contribution in [0.3, 0.4) is 0 Å². The molecule has 0 radical (unpaired) electrons. The van der Waals surface area contributed by atoms with Gasteiger partial charge in [-0.2, -0.15) is 0 Å². The molecule has 0 aliphatic heterocycles. The molecule has 0 bridgehead atoms. The van der Waals surface area contributed by atoms with Gasteiger partial charge < -0.3 is 19.5 Å². The molecule has 26 heavy (non-hydrogen) atoms. The molecular formula is C20H21NO5. The molecule has 0 fully saturated rings. The van der Waals surface area contributed by atoms with E-state index in [1.54, 1.807) is 55.7 Å². The number of nitrogens with one attached hydrogen (secondary N) is 1. The Balaban J connectivity index is 2.44. The first-order valence-corrected chi connectivity index (χ1v) is 7.95. The van der Waals surface area contributed by atoms with Gasteiger partial charge in [-0.3, -0.25) is 9.59 Å². The van der Waals surface area contributed by atoms with Crippen LogP contribution in [0.15, 0.2) is 55.1 Å². The van der Waals surface area contributed by atoms with Crippen LogP contribution >= 0.6 is 0 Å². The molecule has 0 saturated heterocycles. The molecule has 2 aromatic rings. The summed E-state index contributed by atoms with van der Waals surface area (Å²) in [5.74, 6) is 0.365. The van der Waals surface area contributed by atoms with E-state index in [1.165, 1.54) is 7.11 Å². The Bertz CT molecular complexity index is 783. The molecule has 0 aromatic heterocycles. The maximum atomic E-state index is 13.1. The van der Waals surface area contributed by atoms with Gasteiger partial charge in [-0.1, -0.05) is 18.7 Å². The van der Waals surface area contributed by atoms with E-state index in [-0.39, 0.29) is 30.5 Å². The summed E-state index contributed by atoms with van der Waals surface area (Å²) in [5, 5.41) is 2.69. The maximum absolute atomic E-state index is 13.1. The molecule has 136 valence electrons. The fourth-order valence-electron chi connectivity index (χ4n) is 2.34. The maximum Gasteiger partial charge on any atom is 0.250 e. The van der Waals surface area contributed by atoms with Crippen molar-refractivity contribution in [1.29, 1.82) is 0 Å². The lowest BCUT2D eigenvalue weighted by Crippen LogP contribution is -2.19.